The minimum absolute atomic E-state index is 0.128. The van der Waals surface area contributed by atoms with Crippen LogP contribution in [0, 0.1) is 0 Å². The standard InChI is InChI=1S/C22H20F3N5S/c1-13(14-4-6-18(7-5-14)22(23,24)25)19(26)12-28-21-30-29-20(31-21)16-2-3-17-11-27-9-8-15(17)10-16/h2-11,13,19H,12,26H2,1H3,(H,28,30)/t13-,19+/m0/s1. The highest BCUT2D eigenvalue weighted by atomic mass is 32.1. The fraction of sp³-hybridized carbons (Fsp3) is 0.227. The molecule has 160 valence electrons. The number of alkyl halides is 3. The van der Waals surface area contributed by atoms with Gasteiger partial charge in [-0.3, -0.25) is 4.98 Å². The van der Waals surface area contributed by atoms with Crippen LogP contribution in [0.25, 0.3) is 21.3 Å². The Morgan fingerprint density at radius 3 is 2.55 bits per heavy atom. The number of halogens is 3. The van der Waals surface area contributed by atoms with Gasteiger partial charge in [0.1, 0.15) is 5.01 Å². The molecule has 0 saturated carbocycles. The molecule has 0 fully saturated rings. The number of rotatable bonds is 6. The zero-order valence-corrected chi connectivity index (χ0v) is 17.4. The topological polar surface area (TPSA) is 76.7 Å². The number of benzene rings is 2. The van der Waals surface area contributed by atoms with E-state index in [1.807, 2.05) is 37.4 Å². The second kappa shape index (κ2) is 8.60. The van der Waals surface area contributed by atoms with Crippen LogP contribution >= 0.6 is 11.3 Å². The maximum Gasteiger partial charge on any atom is 0.416 e. The maximum absolute atomic E-state index is 12.7. The van der Waals surface area contributed by atoms with E-state index in [-0.39, 0.29) is 12.0 Å². The second-order valence-electron chi connectivity index (χ2n) is 7.30. The monoisotopic (exact) mass is 443 g/mol. The molecule has 0 aliphatic heterocycles. The number of nitrogens with one attached hydrogen (secondary N) is 1. The Kier molecular flexibility index (Phi) is 5.88. The van der Waals surface area contributed by atoms with Crippen LogP contribution in [0.4, 0.5) is 18.3 Å². The van der Waals surface area contributed by atoms with E-state index in [9.17, 15) is 13.2 Å². The summed E-state index contributed by atoms with van der Waals surface area (Å²) in [6.07, 6.45) is -0.785. The van der Waals surface area contributed by atoms with Crippen LogP contribution in [0.1, 0.15) is 24.0 Å². The lowest BCUT2D eigenvalue weighted by molar-refractivity contribution is -0.137. The van der Waals surface area contributed by atoms with E-state index < -0.39 is 11.7 Å². The van der Waals surface area contributed by atoms with Crippen LogP contribution in [0.2, 0.25) is 0 Å². The lowest BCUT2D eigenvalue weighted by Crippen LogP contribution is -2.34. The third kappa shape index (κ3) is 4.83. The van der Waals surface area contributed by atoms with Gasteiger partial charge in [0.15, 0.2) is 0 Å². The molecule has 0 radical (unpaired) electrons. The Morgan fingerprint density at radius 2 is 1.81 bits per heavy atom. The normalized spacial score (nSPS) is 13.8. The minimum atomic E-state index is -4.34. The number of pyridine rings is 1. The molecule has 0 aliphatic carbocycles. The van der Waals surface area contributed by atoms with Crippen LogP contribution in [0.5, 0.6) is 0 Å². The molecule has 2 heterocycles. The summed E-state index contributed by atoms with van der Waals surface area (Å²) in [5, 5.41) is 15.2. The number of nitrogens with two attached hydrogens (primary N) is 1. The summed E-state index contributed by atoms with van der Waals surface area (Å²) in [4.78, 5) is 4.11. The largest absolute Gasteiger partial charge is 0.416 e. The number of aromatic nitrogens is 3. The molecular weight excluding hydrogens is 423 g/mol. The molecule has 0 aliphatic rings. The molecule has 5 nitrogen and oxygen atoms in total. The lowest BCUT2D eigenvalue weighted by Gasteiger charge is -2.21. The molecule has 2 atom stereocenters. The highest BCUT2D eigenvalue weighted by Crippen LogP contribution is 2.31. The number of hydrogen-bond acceptors (Lipinski definition) is 6. The second-order valence-corrected chi connectivity index (χ2v) is 8.28. The van der Waals surface area contributed by atoms with Crippen molar-refractivity contribution in [1.29, 1.82) is 0 Å². The van der Waals surface area contributed by atoms with Gasteiger partial charge in [0, 0.05) is 35.9 Å². The predicted octanol–water partition coefficient (Wildman–Crippen LogP) is 5.32. The third-order valence-corrected chi connectivity index (χ3v) is 6.14. The highest BCUT2D eigenvalue weighted by molar-refractivity contribution is 7.18. The Morgan fingerprint density at radius 1 is 1.03 bits per heavy atom. The molecule has 4 rings (SSSR count). The van der Waals surface area contributed by atoms with E-state index in [4.69, 9.17) is 5.73 Å². The van der Waals surface area contributed by atoms with Crippen LogP contribution in [-0.2, 0) is 6.18 Å². The molecule has 0 saturated heterocycles. The quantitative estimate of drug-likeness (QED) is 0.422. The van der Waals surface area contributed by atoms with Crippen LogP contribution in [0.15, 0.2) is 60.9 Å². The average Bonchev–Trinajstić information content (AvgIpc) is 3.25. The van der Waals surface area contributed by atoms with Crippen molar-refractivity contribution in [3.8, 4) is 10.6 Å². The van der Waals surface area contributed by atoms with Gasteiger partial charge in [-0.15, -0.1) is 10.2 Å². The van der Waals surface area contributed by atoms with Gasteiger partial charge in [0.05, 0.1) is 5.56 Å². The van der Waals surface area contributed by atoms with Gasteiger partial charge >= 0.3 is 6.18 Å². The Balaban J connectivity index is 1.39. The molecule has 4 aromatic rings. The molecule has 0 amide bonds. The van der Waals surface area contributed by atoms with E-state index in [0.717, 1.165) is 39.0 Å². The fourth-order valence-electron chi connectivity index (χ4n) is 3.23. The Labute approximate surface area is 181 Å². The van der Waals surface area contributed by atoms with Crippen molar-refractivity contribution in [3.05, 3.63) is 72.1 Å². The fourth-order valence-corrected chi connectivity index (χ4v) is 3.98. The van der Waals surface area contributed by atoms with Crippen molar-refractivity contribution in [2.75, 3.05) is 11.9 Å². The van der Waals surface area contributed by atoms with Crippen molar-refractivity contribution < 1.29 is 13.2 Å². The van der Waals surface area contributed by atoms with Gasteiger partial charge < -0.3 is 11.1 Å². The van der Waals surface area contributed by atoms with Crippen molar-refractivity contribution in [2.45, 2.75) is 25.1 Å². The number of hydrogen-bond donors (Lipinski definition) is 2. The highest BCUT2D eigenvalue weighted by Gasteiger charge is 2.30. The zero-order valence-electron chi connectivity index (χ0n) is 16.6. The summed E-state index contributed by atoms with van der Waals surface area (Å²) >= 11 is 1.42. The summed E-state index contributed by atoms with van der Waals surface area (Å²) in [6.45, 7) is 2.31. The van der Waals surface area contributed by atoms with Gasteiger partial charge in [-0.25, -0.2) is 0 Å². The first-order chi connectivity index (χ1) is 14.8. The predicted molar refractivity (Wildman–Crippen MR) is 117 cm³/mol. The van der Waals surface area contributed by atoms with E-state index in [0.29, 0.717) is 11.7 Å². The van der Waals surface area contributed by atoms with E-state index in [2.05, 4.69) is 20.5 Å². The summed E-state index contributed by atoms with van der Waals surface area (Å²) in [5.41, 5.74) is 7.32. The molecule has 31 heavy (non-hydrogen) atoms. The lowest BCUT2D eigenvalue weighted by atomic mass is 9.93. The zero-order chi connectivity index (χ0) is 22.0. The molecule has 0 unspecified atom stereocenters. The van der Waals surface area contributed by atoms with Crippen LogP contribution in [0.3, 0.4) is 0 Å². The Bertz CT molecular complexity index is 1170. The first-order valence-corrected chi connectivity index (χ1v) is 10.5. The summed E-state index contributed by atoms with van der Waals surface area (Å²) in [5.74, 6) is -0.128. The van der Waals surface area contributed by atoms with E-state index in [1.165, 1.54) is 23.5 Å². The first-order valence-electron chi connectivity index (χ1n) is 9.65. The maximum atomic E-state index is 12.7. The third-order valence-electron chi connectivity index (χ3n) is 5.21. The van der Waals surface area contributed by atoms with Gasteiger partial charge in [0.2, 0.25) is 5.13 Å². The van der Waals surface area contributed by atoms with Crippen molar-refractivity contribution in [2.24, 2.45) is 5.73 Å². The van der Waals surface area contributed by atoms with E-state index in [1.54, 1.807) is 6.20 Å². The molecular formula is C22H20F3N5S. The van der Waals surface area contributed by atoms with E-state index >= 15 is 0 Å². The number of fused-ring (bicyclic) bond motifs is 1. The minimum Gasteiger partial charge on any atom is -0.358 e. The van der Waals surface area contributed by atoms with Crippen molar-refractivity contribution in [3.63, 3.8) is 0 Å². The van der Waals surface area contributed by atoms with Gasteiger partial charge in [-0.1, -0.05) is 42.5 Å². The van der Waals surface area contributed by atoms with Crippen molar-refractivity contribution in [1.82, 2.24) is 15.2 Å². The van der Waals surface area contributed by atoms with Crippen LogP contribution < -0.4 is 11.1 Å². The summed E-state index contributed by atoms with van der Waals surface area (Å²) < 4.78 is 38.2. The molecule has 2 aromatic carbocycles. The van der Waals surface area contributed by atoms with Gasteiger partial charge in [0.25, 0.3) is 0 Å². The summed E-state index contributed by atoms with van der Waals surface area (Å²) in [6, 6.07) is 12.8. The molecule has 0 spiro atoms. The van der Waals surface area contributed by atoms with Gasteiger partial charge in [-0.05, 0) is 41.1 Å². The Hall–Kier alpha value is -3.04. The smallest absolute Gasteiger partial charge is 0.358 e. The summed E-state index contributed by atoms with van der Waals surface area (Å²) in [7, 11) is 0. The SMILES string of the molecule is C[C@@H](c1ccc(C(F)(F)F)cc1)[C@H](N)CNc1nnc(-c2ccc3cnccc3c2)s1. The first kappa shape index (κ1) is 21.2. The van der Waals surface area contributed by atoms with Crippen LogP contribution in [-0.4, -0.2) is 27.8 Å². The molecule has 2 aromatic heterocycles. The number of anilines is 1. The molecule has 9 heteroatoms. The van der Waals surface area contributed by atoms with Gasteiger partial charge in [-0.2, -0.15) is 13.2 Å². The average molecular weight is 443 g/mol. The molecule has 0 bridgehead atoms. The van der Waals surface area contributed by atoms with Crippen molar-refractivity contribution >= 4 is 27.2 Å². The molecule has 3 N–H and O–H groups in total. The number of nitrogens with zero attached hydrogens (tertiary/aromatic N) is 3.